The molecule has 0 atom stereocenters. The van der Waals surface area contributed by atoms with E-state index in [1.54, 1.807) is 19.3 Å². The molecule has 3 N–H and O–H groups in total. The van der Waals surface area contributed by atoms with Crippen molar-refractivity contribution in [1.82, 2.24) is 9.78 Å². The summed E-state index contributed by atoms with van der Waals surface area (Å²) in [5.74, 6) is 0.269. The monoisotopic (exact) mass is 330 g/mol. The van der Waals surface area contributed by atoms with Crippen molar-refractivity contribution in [1.29, 1.82) is 0 Å². The molecule has 0 aliphatic rings. The van der Waals surface area contributed by atoms with E-state index in [-0.39, 0.29) is 10.7 Å². The number of hydrogen-bond donors (Lipinski definition) is 2. The fraction of sp³-hybridized carbons (Fsp3) is 0.100. The SMILES string of the molecule is Cn1ccc(NS(=O)(=O)c2ccc(N)c(Br)c2)n1. The minimum atomic E-state index is -3.65. The Balaban J connectivity index is 2.33. The number of anilines is 2. The molecule has 2 aromatic rings. The van der Waals surface area contributed by atoms with Gasteiger partial charge in [-0.25, -0.2) is 8.42 Å². The van der Waals surface area contributed by atoms with Gasteiger partial charge in [0.2, 0.25) is 0 Å². The van der Waals surface area contributed by atoms with E-state index >= 15 is 0 Å². The molecule has 6 nitrogen and oxygen atoms in total. The number of benzene rings is 1. The molecule has 18 heavy (non-hydrogen) atoms. The Morgan fingerprint density at radius 2 is 2.11 bits per heavy atom. The topological polar surface area (TPSA) is 90.0 Å². The molecule has 0 saturated heterocycles. The molecule has 0 fully saturated rings. The summed E-state index contributed by atoms with van der Waals surface area (Å²) < 4.78 is 28.5. The van der Waals surface area contributed by atoms with E-state index in [1.165, 1.54) is 22.9 Å². The average molecular weight is 331 g/mol. The van der Waals surface area contributed by atoms with Crippen LogP contribution in [0.5, 0.6) is 0 Å². The fourth-order valence-corrected chi connectivity index (χ4v) is 2.89. The van der Waals surface area contributed by atoms with Gasteiger partial charge in [-0.1, -0.05) is 0 Å². The van der Waals surface area contributed by atoms with Gasteiger partial charge in [-0.2, -0.15) is 5.10 Å². The van der Waals surface area contributed by atoms with Crippen molar-refractivity contribution < 1.29 is 8.42 Å². The Morgan fingerprint density at radius 3 is 2.67 bits per heavy atom. The van der Waals surface area contributed by atoms with E-state index in [9.17, 15) is 8.42 Å². The number of nitrogens with zero attached hydrogens (tertiary/aromatic N) is 2. The van der Waals surface area contributed by atoms with Gasteiger partial charge in [0.05, 0.1) is 4.90 Å². The van der Waals surface area contributed by atoms with Crippen LogP contribution in [0.15, 0.2) is 39.8 Å². The molecule has 0 spiro atoms. The van der Waals surface area contributed by atoms with Crippen molar-refractivity contribution >= 4 is 37.5 Å². The van der Waals surface area contributed by atoms with E-state index < -0.39 is 10.0 Å². The summed E-state index contributed by atoms with van der Waals surface area (Å²) in [6.07, 6.45) is 1.65. The third kappa shape index (κ3) is 2.65. The van der Waals surface area contributed by atoms with Gasteiger partial charge in [0.25, 0.3) is 10.0 Å². The fourth-order valence-electron chi connectivity index (χ4n) is 1.34. The van der Waals surface area contributed by atoms with Crippen LogP contribution in [0.4, 0.5) is 11.5 Å². The second-order valence-corrected chi connectivity index (χ2v) is 6.20. The van der Waals surface area contributed by atoms with Crippen molar-refractivity contribution in [2.24, 2.45) is 7.05 Å². The van der Waals surface area contributed by atoms with Crippen LogP contribution in [0.2, 0.25) is 0 Å². The number of nitrogen functional groups attached to an aromatic ring is 1. The molecule has 0 unspecified atom stereocenters. The van der Waals surface area contributed by atoms with Gasteiger partial charge >= 0.3 is 0 Å². The molecule has 0 aliphatic carbocycles. The maximum atomic E-state index is 12.1. The van der Waals surface area contributed by atoms with E-state index in [0.29, 0.717) is 10.2 Å². The second-order valence-electron chi connectivity index (χ2n) is 3.66. The zero-order valence-corrected chi connectivity index (χ0v) is 11.9. The molecule has 0 bridgehead atoms. The smallest absolute Gasteiger partial charge is 0.263 e. The van der Waals surface area contributed by atoms with Crippen LogP contribution in [-0.4, -0.2) is 18.2 Å². The lowest BCUT2D eigenvalue weighted by Crippen LogP contribution is -2.13. The highest BCUT2D eigenvalue weighted by Crippen LogP contribution is 2.24. The summed E-state index contributed by atoms with van der Waals surface area (Å²) in [7, 11) is -1.94. The third-order valence-electron chi connectivity index (χ3n) is 2.23. The highest BCUT2D eigenvalue weighted by molar-refractivity contribution is 9.10. The standard InChI is InChI=1S/C10H11BrN4O2S/c1-15-5-4-10(13-15)14-18(16,17)7-2-3-9(12)8(11)6-7/h2-6H,12H2,1H3,(H,13,14). The first-order valence-corrected chi connectivity index (χ1v) is 7.23. The normalized spacial score (nSPS) is 11.4. The molecule has 1 aromatic heterocycles. The largest absolute Gasteiger partial charge is 0.398 e. The van der Waals surface area contributed by atoms with Crippen LogP contribution < -0.4 is 10.5 Å². The van der Waals surface area contributed by atoms with Crippen molar-refractivity contribution in [2.75, 3.05) is 10.5 Å². The van der Waals surface area contributed by atoms with E-state index in [1.807, 2.05) is 0 Å². The maximum absolute atomic E-state index is 12.1. The van der Waals surface area contributed by atoms with Gasteiger partial charge in [-0.3, -0.25) is 9.40 Å². The first-order valence-electron chi connectivity index (χ1n) is 4.96. The number of nitrogens with one attached hydrogen (secondary N) is 1. The molecule has 0 saturated carbocycles. The van der Waals surface area contributed by atoms with E-state index in [4.69, 9.17) is 5.73 Å². The van der Waals surface area contributed by atoms with Crippen molar-refractivity contribution in [2.45, 2.75) is 4.90 Å². The predicted molar refractivity (Wildman–Crippen MR) is 72.6 cm³/mol. The Kier molecular flexibility index (Phi) is 3.31. The minimum Gasteiger partial charge on any atom is -0.398 e. The van der Waals surface area contributed by atoms with Crippen LogP contribution in [0.25, 0.3) is 0 Å². The zero-order valence-electron chi connectivity index (χ0n) is 9.46. The summed E-state index contributed by atoms with van der Waals surface area (Å²) in [6, 6.07) is 5.98. The number of sulfonamides is 1. The average Bonchev–Trinajstić information content (AvgIpc) is 2.67. The Hall–Kier alpha value is -1.54. The molecule has 0 amide bonds. The predicted octanol–water partition coefficient (Wildman–Crippen LogP) is 1.57. The molecular weight excluding hydrogens is 320 g/mol. The lowest BCUT2D eigenvalue weighted by molar-refractivity contribution is 0.601. The van der Waals surface area contributed by atoms with Crippen molar-refractivity contribution in [3.63, 3.8) is 0 Å². The Morgan fingerprint density at radius 1 is 1.39 bits per heavy atom. The van der Waals surface area contributed by atoms with E-state index in [2.05, 4.69) is 25.8 Å². The first kappa shape index (κ1) is 12.9. The first-order chi connectivity index (χ1) is 8.38. The highest BCUT2D eigenvalue weighted by Gasteiger charge is 2.16. The summed E-state index contributed by atoms with van der Waals surface area (Å²) >= 11 is 3.19. The number of hydrogen-bond acceptors (Lipinski definition) is 4. The molecular formula is C10H11BrN4O2S. The highest BCUT2D eigenvalue weighted by atomic mass is 79.9. The van der Waals surface area contributed by atoms with Gasteiger partial charge in [0.15, 0.2) is 5.82 Å². The van der Waals surface area contributed by atoms with E-state index in [0.717, 1.165) is 0 Å². The van der Waals surface area contributed by atoms with Gasteiger partial charge < -0.3 is 5.73 Å². The van der Waals surface area contributed by atoms with Gasteiger partial charge in [-0.05, 0) is 34.1 Å². The lowest BCUT2D eigenvalue weighted by Gasteiger charge is -2.06. The zero-order chi connectivity index (χ0) is 13.3. The second kappa shape index (κ2) is 4.62. The summed E-state index contributed by atoms with van der Waals surface area (Å²) in [4.78, 5) is 0.120. The van der Waals surface area contributed by atoms with Gasteiger partial charge in [0.1, 0.15) is 0 Å². The molecule has 2 rings (SSSR count). The Bertz CT molecular complexity index is 681. The van der Waals surface area contributed by atoms with Gasteiger partial charge in [0, 0.05) is 29.5 Å². The molecule has 1 heterocycles. The van der Waals surface area contributed by atoms with Crippen LogP contribution in [0, 0.1) is 0 Å². The summed E-state index contributed by atoms with van der Waals surface area (Å²) in [6.45, 7) is 0. The number of aryl methyl sites for hydroxylation is 1. The molecule has 0 aliphatic heterocycles. The van der Waals surface area contributed by atoms with Crippen molar-refractivity contribution in [3.8, 4) is 0 Å². The molecule has 0 radical (unpaired) electrons. The number of rotatable bonds is 3. The number of halogens is 1. The van der Waals surface area contributed by atoms with Crippen LogP contribution >= 0.6 is 15.9 Å². The number of aromatic nitrogens is 2. The molecule has 1 aromatic carbocycles. The third-order valence-corrected chi connectivity index (χ3v) is 4.27. The van der Waals surface area contributed by atoms with Crippen LogP contribution in [0.3, 0.4) is 0 Å². The summed E-state index contributed by atoms with van der Waals surface area (Å²) in [5.41, 5.74) is 6.09. The maximum Gasteiger partial charge on any atom is 0.263 e. The molecule has 8 heteroatoms. The minimum absolute atomic E-state index is 0.120. The van der Waals surface area contributed by atoms with Gasteiger partial charge in [-0.15, -0.1) is 0 Å². The quantitative estimate of drug-likeness (QED) is 0.836. The number of nitrogens with two attached hydrogens (primary N) is 1. The molecule has 96 valence electrons. The van der Waals surface area contributed by atoms with Crippen LogP contribution in [0.1, 0.15) is 0 Å². The van der Waals surface area contributed by atoms with Crippen LogP contribution in [-0.2, 0) is 17.1 Å². The lowest BCUT2D eigenvalue weighted by atomic mass is 10.3. The Labute approximate surface area is 113 Å². The van der Waals surface area contributed by atoms with Crippen molar-refractivity contribution in [3.05, 3.63) is 34.9 Å². The summed E-state index contributed by atoms with van der Waals surface area (Å²) in [5, 5.41) is 3.95.